The van der Waals surface area contributed by atoms with Gasteiger partial charge in [-0.1, -0.05) is 65.9 Å². The Kier molecular flexibility index (Phi) is 11.4. The summed E-state index contributed by atoms with van der Waals surface area (Å²) in [6.45, 7) is 6.50. The third-order valence-electron chi connectivity index (χ3n) is 8.10. The van der Waals surface area contributed by atoms with Crippen LogP contribution >= 0.6 is 23.5 Å². The molecule has 4 aromatic heterocycles. The van der Waals surface area contributed by atoms with E-state index in [2.05, 4.69) is 96.0 Å². The predicted molar refractivity (Wildman–Crippen MR) is 198 cm³/mol. The van der Waals surface area contributed by atoms with Gasteiger partial charge >= 0.3 is 42.1 Å². The molecule has 0 atom stereocenters. The number of benzene rings is 4. The molecule has 8 rings (SSSR count). The van der Waals surface area contributed by atoms with Crippen LogP contribution in [-0.4, -0.2) is 24.5 Å². The van der Waals surface area contributed by atoms with E-state index in [1.807, 2.05) is 73.1 Å². The average Bonchev–Trinajstić information content (AvgIpc) is 3.45. The second kappa shape index (κ2) is 15.8. The number of hydrogen-bond donors (Lipinski definition) is 0. The van der Waals surface area contributed by atoms with Crippen molar-refractivity contribution in [1.82, 2.24) is 24.5 Å². The van der Waals surface area contributed by atoms with Crippen molar-refractivity contribution < 1.29 is 42.1 Å². The van der Waals surface area contributed by atoms with Gasteiger partial charge in [-0.15, -0.1) is 105 Å². The van der Waals surface area contributed by atoms with E-state index in [4.69, 9.17) is 9.97 Å². The van der Waals surface area contributed by atoms with Crippen molar-refractivity contribution in [3.63, 3.8) is 0 Å². The molecule has 254 valence electrons. The molecule has 0 saturated carbocycles. The molecule has 0 spiro atoms. The van der Waals surface area contributed by atoms with E-state index in [-0.39, 0.29) is 47.5 Å². The van der Waals surface area contributed by atoms with Crippen LogP contribution in [0.15, 0.2) is 141 Å². The fourth-order valence-corrected chi connectivity index (χ4v) is 7.22. The minimum absolute atomic E-state index is 0. The SMILES string of the molecule is CC(C)(C)c1cnc(-n2c3[c-]c(Sc4[c-]c(-c5ccccn5)ccc4)ccc3c3ccc(Sc4[c-]c(-c5ccccn5)ccc4)[c-]c32)nc1.[Pt+2].[Pt+2]. The van der Waals surface area contributed by atoms with Crippen LogP contribution in [0, 0.1) is 24.3 Å². The molecule has 0 aliphatic carbocycles. The number of aromatic nitrogens is 5. The predicted octanol–water partition coefficient (Wildman–Crippen LogP) is 10.5. The Hall–Kier alpha value is -3.86. The van der Waals surface area contributed by atoms with E-state index in [1.165, 1.54) is 0 Å². The Balaban J connectivity index is 0.00000224. The molecule has 0 saturated heterocycles. The van der Waals surface area contributed by atoms with Crippen LogP contribution in [-0.2, 0) is 47.5 Å². The number of hydrogen-bond acceptors (Lipinski definition) is 6. The van der Waals surface area contributed by atoms with Crippen molar-refractivity contribution >= 4 is 45.3 Å². The fraction of sp³-hybridized carbons (Fsp3) is 0.0952. The van der Waals surface area contributed by atoms with Crippen molar-refractivity contribution in [2.45, 2.75) is 45.8 Å². The Bertz CT molecular complexity index is 2290. The van der Waals surface area contributed by atoms with E-state index in [0.29, 0.717) is 5.95 Å². The van der Waals surface area contributed by atoms with E-state index < -0.39 is 0 Å². The van der Waals surface area contributed by atoms with Gasteiger partial charge in [-0.2, -0.15) is 35.0 Å². The van der Waals surface area contributed by atoms with Gasteiger partial charge in [0.2, 0.25) is 5.95 Å². The summed E-state index contributed by atoms with van der Waals surface area (Å²) in [7, 11) is 0. The first-order valence-corrected chi connectivity index (χ1v) is 17.5. The Labute approximate surface area is 335 Å². The number of rotatable bonds is 7. The van der Waals surface area contributed by atoms with Gasteiger partial charge in [0.15, 0.2) is 0 Å². The number of nitrogens with zero attached hydrogens (tertiary/aromatic N) is 5. The summed E-state index contributed by atoms with van der Waals surface area (Å²) in [5.41, 5.74) is 6.50. The van der Waals surface area contributed by atoms with Crippen molar-refractivity contribution in [3.05, 3.63) is 152 Å². The van der Waals surface area contributed by atoms with Gasteiger partial charge in [-0.3, -0.25) is 0 Å². The molecule has 8 aromatic rings. The van der Waals surface area contributed by atoms with Crippen molar-refractivity contribution in [2.75, 3.05) is 0 Å². The molecule has 0 radical (unpaired) electrons. The molecule has 0 amide bonds. The quantitative estimate of drug-likeness (QED) is 0.148. The number of pyridine rings is 2. The zero-order valence-corrected chi connectivity index (χ0v) is 33.9. The second-order valence-corrected chi connectivity index (χ2v) is 14.7. The zero-order chi connectivity index (χ0) is 33.4. The summed E-state index contributed by atoms with van der Waals surface area (Å²) in [6, 6.07) is 47.1. The molecule has 4 aromatic carbocycles. The van der Waals surface area contributed by atoms with E-state index >= 15 is 0 Å². The number of fused-ring (bicyclic) bond motifs is 3. The first-order valence-electron chi connectivity index (χ1n) is 15.9. The average molecular weight is 1060 g/mol. The smallest absolute Gasteiger partial charge is 0.328 e. The maximum absolute atomic E-state index is 4.88. The fourth-order valence-electron chi connectivity index (χ4n) is 5.56. The molecule has 4 heterocycles. The Morgan fingerprint density at radius 3 is 1.41 bits per heavy atom. The first kappa shape index (κ1) is 36.9. The standard InChI is InChI=1S/C42H29N5S2.2Pt/c1-42(2,3)30-26-45-41(46-27-30)47-39-24-33(48-31-12-8-10-28(22-31)37-14-4-6-20-43-37)16-18-35(39)36-19-17-34(25-40(36)47)49-32-13-9-11-29(23-32)38-15-5-7-21-44-38;;/h4-21,26-27H,1-3H3;;/q-4;2*+2. The maximum Gasteiger partial charge on any atom is 2.00 e. The van der Waals surface area contributed by atoms with E-state index in [9.17, 15) is 0 Å². The van der Waals surface area contributed by atoms with E-state index in [0.717, 1.165) is 69.5 Å². The second-order valence-electron chi connectivity index (χ2n) is 12.5. The Morgan fingerprint density at radius 1 is 0.510 bits per heavy atom. The molecule has 0 aliphatic rings. The summed E-state index contributed by atoms with van der Waals surface area (Å²) in [5.74, 6) is 0.581. The van der Waals surface area contributed by atoms with Crippen LogP contribution in [0.1, 0.15) is 26.3 Å². The van der Waals surface area contributed by atoms with Gasteiger partial charge in [0.25, 0.3) is 0 Å². The van der Waals surface area contributed by atoms with Crippen LogP contribution in [0.5, 0.6) is 0 Å². The van der Waals surface area contributed by atoms with Gasteiger partial charge in [-0.05, 0) is 34.5 Å². The molecule has 0 bridgehead atoms. The molecule has 5 nitrogen and oxygen atoms in total. The molecular weight excluding hydrogens is 1030 g/mol. The van der Waals surface area contributed by atoms with Crippen LogP contribution in [0.25, 0.3) is 50.3 Å². The van der Waals surface area contributed by atoms with Crippen LogP contribution in [0.3, 0.4) is 0 Å². The summed E-state index contributed by atoms with van der Waals surface area (Å²) >= 11 is 3.24. The summed E-state index contributed by atoms with van der Waals surface area (Å²) < 4.78 is 2.08. The van der Waals surface area contributed by atoms with Gasteiger partial charge in [-0.25, -0.2) is 9.97 Å². The molecule has 0 fully saturated rings. The third kappa shape index (κ3) is 7.98. The van der Waals surface area contributed by atoms with Crippen LogP contribution < -0.4 is 0 Å². The minimum Gasteiger partial charge on any atom is -0.328 e. The summed E-state index contributed by atoms with van der Waals surface area (Å²) in [5, 5.41) is 2.12. The summed E-state index contributed by atoms with van der Waals surface area (Å²) in [4.78, 5) is 22.7. The summed E-state index contributed by atoms with van der Waals surface area (Å²) in [6.07, 6.45) is 7.46. The van der Waals surface area contributed by atoms with Crippen LogP contribution in [0.2, 0.25) is 0 Å². The molecule has 51 heavy (non-hydrogen) atoms. The molecule has 9 heteroatoms. The van der Waals surface area contributed by atoms with Gasteiger partial charge in [0.1, 0.15) is 0 Å². The molecule has 0 aliphatic heterocycles. The molecular formula is C42H29N5Pt2S2. The van der Waals surface area contributed by atoms with Gasteiger partial charge in [0.05, 0.1) is 0 Å². The first-order chi connectivity index (χ1) is 23.9. The largest absolute Gasteiger partial charge is 2.00 e. The van der Waals surface area contributed by atoms with Crippen molar-refractivity contribution in [3.8, 4) is 28.5 Å². The van der Waals surface area contributed by atoms with E-state index in [1.54, 1.807) is 35.9 Å². The van der Waals surface area contributed by atoms with Gasteiger partial charge in [0, 0.05) is 24.8 Å². The maximum atomic E-state index is 4.88. The Morgan fingerprint density at radius 2 is 0.980 bits per heavy atom. The van der Waals surface area contributed by atoms with Gasteiger partial charge < -0.3 is 14.5 Å². The van der Waals surface area contributed by atoms with Crippen molar-refractivity contribution in [1.29, 1.82) is 0 Å². The molecule has 0 unspecified atom stereocenters. The monoisotopic (exact) mass is 1060 g/mol. The topological polar surface area (TPSA) is 56.5 Å². The zero-order valence-electron chi connectivity index (χ0n) is 27.7. The van der Waals surface area contributed by atoms with Crippen molar-refractivity contribution in [2.24, 2.45) is 0 Å². The normalized spacial score (nSPS) is 11.3. The minimum atomic E-state index is -0.0637. The van der Waals surface area contributed by atoms with Crippen LogP contribution in [0.4, 0.5) is 0 Å². The molecule has 0 N–H and O–H groups in total. The third-order valence-corrected chi connectivity index (χ3v) is 9.93.